The van der Waals surface area contributed by atoms with Crippen LogP contribution in [0.5, 0.6) is 0 Å². The first kappa shape index (κ1) is 21.7. The van der Waals surface area contributed by atoms with Gasteiger partial charge in [0, 0.05) is 23.9 Å². The molecule has 3 aromatic rings. The van der Waals surface area contributed by atoms with Crippen molar-refractivity contribution < 1.29 is 18.0 Å². The fourth-order valence-corrected chi connectivity index (χ4v) is 4.07. The van der Waals surface area contributed by atoms with E-state index in [1.54, 1.807) is 48.5 Å². The molecule has 0 saturated carbocycles. The third-order valence-electron chi connectivity index (χ3n) is 4.66. The lowest BCUT2D eigenvalue weighted by Gasteiger charge is -2.20. The standard InChI is InChI=1S/C23H19N3O4S/c1-16(27)18-8-12-21(13-9-18)26(2)31(29,30)22-5-3-4-19(14-22)23(28)25-20-10-6-17(15-24)7-11-20/h3-14H,1-2H3,(H,25,28). The van der Waals surface area contributed by atoms with E-state index in [0.29, 0.717) is 22.5 Å². The Balaban J connectivity index is 1.83. The van der Waals surface area contributed by atoms with E-state index in [4.69, 9.17) is 5.26 Å². The monoisotopic (exact) mass is 433 g/mol. The third-order valence-corrected chi connectivity index (χ3v) is 6.45. The van der Waals surface area contributed by atoms with Crippen molar-refractivity contribution in [1.82, 2.24) is 0 Å². The normalized spacial score (nSPS) is 10.7. The van der Waals surface area contributed by atoms with Gasteiger partial charge in [-0.1, -0.05) is 6.07 Å². The topological polar surface area (TPSA) is 107 Å². The lowest BCUT2D eigenvalue weighted by Crippen LogP contribution is -2.27. The first-order valence-corrected chi connectivity index (χ1v) is 10.7. The zero-order valence-corrected chi connectivity index (χ0v) is 17.7. The summed E-state index contributed by atoms with van der Waals surface area (Å²) >= 11 is 0. The Morgan fingerprint density at radius 2 is 1.58 bits per heavy atom. The van der Waals surface area contributed by atoms with Gasteiger partial charge in [0.05, 0.1) is 22.2 Å². The number of nitriles is 1. The highest BCUT2D eigenvalue weighted by Crippen LogP contribution is 2.23. The molecule has 8 heteroatoms. The Morgan fingerprint density at radius 3 is 2.16 bits per heavy atom. The van der Waals surface area contributed by atoms with Crippen molar-refractivity contribution in [3.63, 3.8) is 0 Å². The third kappa shape index (κ3) is 4.79. The van der Waals surface area contributed by atoms with E-state index < -0.39 is 15.9 Å². The highest BCUT2D eigenvalue weighted by molar-refractivity contribution is 7.92. The first-order chi connectivity index (χ1) is 14.7. The largest absolute Gasteiger partial charge is 0.322 e. The molecule has 3 aromatic carbocycles. The molecule has 7 nitrogen and oxygen atoms in total. The minimum atomic E-state index is -3.93. The van der Waals surface area contributed by atoms with Crippen molar-refractivity contribution in [3.05, 3.63) is 89.5 Å². The van der Waals surface area contributed by atoms with E-state index in [-0.39, 0.29) is 16.2 Å². The lowest BCUT2D eigenvalue weighted by molar-refractivity contribution is 0.101. The Bertz CT molecular complexity index is 1280. The van der Waals surface area contributed by atoms with Gasteiger partial charge in [-0.25, -0.2) is 8.42 Å². The maximum Gasteiger partial charge on any atom is 0.264 e. The number of nitrogens with one attached hydrogen (secondary N) is 1. The SMILES string of the molecule is CC(=O)c1ccc(N(C)S(=O)(=O)c2cccc(C(=O)Nc3ccc(C#N)cc3)c2)cc1. The Morgan fingerprint density at radius 1 is 0.935 bits per heavy atom. The molecule has 1 N–H and O–H groups in total. The molecule has 3 rings (SSSR count). The van der Waals surface area contributed by atoms with E-state index in [1.807, 2.05) is 6.07 Å². The number of anilines is 2. The van der Waals surface area contributed by atoms with Gasteiger partial charge in [0.25, 0.3) is 15.9 Å². The van der Waals surface area contributed by atoms with Crippen molar-refractivity contribution in [1.29, 1.82) is 5.26 Å². The average molecular weight is 433 g/mol. The van der Waals surface area contributed by atoms with Crippen molar-refractivity contribution in [2.24, 2.45) is 0 Å². The van der Waals surface area contributed by atoms with Gasteiger partial charge in [-0.2, -0.15) is 5.26 Å². The minimum Gasteiger partial charge on any atom is -0.322 e. The summed E-state index contributed by atoms with van der Waals surface area (Å²) in [6.07, 6.45) is 0. The summed E-state index contributed by atoms with van der Waals surface area (Å²) in [5.41, 5.74) is 1.99. The number of sulfonamides is 1. The Hall–Kier alpha value is -3.96. The molecule has 0 spiro atoms. The number of benzene rings is 3. The molecular weight excluding hydrogens is 414 g/mol. The summed E-state index contributed by atoms with van der Waals surface area (Å²) in [6.45, 7) is 1.43. The fourth-order valence-electron chi connectivity index (χ4n) is 2.83. The zero-order valence-electron chi connectivity index (χ0n) is 16.9. The molecular formula is C23H19N3O4S. The van der Waals surface area contributed by atoms with Crippen molar-refractivity contribution in [3.8, 4) is 6.07 Å². The highest BCUT2D eigenvalue weighted by Gasteiger charge is 2.22. The summed E-state index contributed by atoms with van der Waals surface area (Å²) in [6, 6.07) is 20.3. The van der Waals surface area contributed by atoms with Crippen LogP contribution < -0.4 is 9.62 Å². The molecule has 1 amide bonds. The van der Waals surface area contributed by atoms with E-state index in [0.717, 1.165) is 4.31 Å². The number of Topliss-reactive ketones (excluding diaryl/α,β-unsaturated/α-hetero) is 1. The number of ketones is 1. The van der Waals surface area contributed by atoms with Crippen LogP contribution >= 0.6 is 0 Å². The van der Waals surface area contributed by atoms with E-state index in [1.165, 1.54) is 38.2 Å². The molecule has 0 bridgehead atoms. The van der Waals surface area contributed by atoms with Crippen LogP contribution in [0.3, 0.4) is 0 Å². The van der Waals surface area contributed by atoms with Crippen LogP contribution in [0.15, 0.2) is 77.7 Å². The molecule has 0 heterocycles. The Kier molecular flexibility index (Phi) is 6.18. The number of nitrogens with zero attached hydrogens (tertiary/aromatic N) is 2. The molecule has 0 aliphatic rings. The second kappa shape index (κ2) is 8.81. The summed E-state index contributed by atoms with van der Waals surface area (Å²) in [7, 11) is -2.53. The fraction of sp³-hybridized carbons (Fsp3) is 0.0870. The molecule has 0 radical (unpaired) electrons. The number of carbonyl (C=O) groups excluding carboxylic acids is 2. The minimum absolute atomic E-state index is 0.0434. The predicted molar refractivity (Wildman–Crippen MR) is 118 cm³/mol. The van der Waals surface area contributed by atoms with Crippen molar-refractivity contribution >= 4 is 33.1 Å². The van der Waals surface area contributed by atoms with E-state index >= 15 is 0 Å². The van der Waals surface area contributed by atoms with Gasteiger partial charge >= 0.3 is 0 Å². The molecule has 0 aromatic heterocycles. The second-order valence-corrected chi connectivity index (χ2v) is 8.72. The number of amides is 1. The molecule has 0 unspecified atom stereocenters. The van der Waals surface area contributed by atoms with Gasteiger partial charge in [0.1, 0.15) is 0 Å². The smallest absolute Gasteiger partial charge is 0.264 e. The van der Waals surface area contributed by atoms with Crippen LogP contribution in [0.2, 0.25) is 0 Å². The number of hydrogen-bond donors (Lipinski definition) is 1. The molecule has 156 valence electrons. The van der Waals surface area contributed by atoms with Crippen molar-refractivity contribution in [2.75, 3.05) is 16.7 Å². The second-order valence-electron chi connectivity index (χ2n) is 6.75. The molecule has 0 fully saturated rings. The van der Waals surface area contributed by atoms with Gasteiger partial charge in [-0.3, -0.25) is 13.9 Å². The molecule has 31 heavy (non-hydrogen) atoms. The summed E-state index contributed by atoms with van der Waals surface area (Å²) in [4.78, 5) is 24.0. The molecule has 0 atom stereocenters. The lowest BCUT2D eigenvalue weighted by atomic mass is 10.1. The van der Waals surface area contributed by atoms with E-state index in [9.17, 15) is 18.0 Å². The maximum atomic E-state index is 13.1. The molecule has 0 saturated heterocycles. The van der Waals surface area contributed by atoms with Crippen molar-refractivity contribution in [2.45, 2.75) is 11.8 Å². The predicted octanol–water partition coefficient (Wildman–Crippen LogP) is 3.84. The van der Waals surface area contributed by atoms with Crippen LogP contribution in [-0.2, 0) is 10.0 Å². The van der Waals surface area contributed by atoms with Gasteiger partial charge in [0.15, 0.2) is 5.78 Å². The first-order valence-electron chi connectivity index (χ1n) is 9.24. The zero-order chi connectivity index (χ0) is 22.6. The van der Waals surface area contributed by atoms with Gasteiger partial charge in [0.2, 0.25) is 0 Å². The van der Waals surface area contributed by atoms with Crippen LogP contribution in [0.1, 0.15) is 33.2 Å². The molecule has 0 aliphatic heterocycles. The van der Waals surface area contributed by atoms with Crippen LogP contribution in [0, 0.1) is 11.3 Å². The summed E-state index contributed by atoms with van der Waals surface area (Å²) in [5, 5.41) is 11.5. The van der Waals surface area contributed by atoms with Gasteiger partial charge in [-0.05, 0) is 73.7 Å². The number of carbonyl (C=O) groups is 2. The molecule has 0 aliphatic carbocycles. The quantitative estimate of drug-likeness (QED) is 0.595. The number of rotatable bonds is 6. The van der Waals surface area contributed by atoms with Crippen LogP contribution in [0.4, 0.5) is 11.4 Å². The van der Waals surface area contributed by atoms with Gasteiger partial charge < -0.3 is 5.32 Å². The van der Waals surface area contributed by atoms with Crippen LogP contribution in [-0.4, -0.2) is 27.2 Å². The Labute approximate surface area is 180 Å². The summed E-state index contributed by atoms with van der Waals surface area (Å²) < 4.78 is 27.2. The summed E-state index contributed by atoms with van der Waals surface area (Å²) in [5.74, 6) is -0.590. The number of hydrogen-bond acceptors (Lipinski definition) is 5. The van der Waals surface area contributed by atoms with E-state index in [2.05, 4.69) is 5.32 Å². The van der Waals surface area contributed by atoms with Crippen LogP contribution in [0.25, 0.3) is 0 Å². The highest BCUT2D eigenvalue weighted by atomic mass is 32.2. The maximum absolute atomic E-state index is 13.1. The van der Waals surface area contributed by atoms with Gasteiger partial charge in [-0.15, -0.1) is 0 Å². The average Bonchev–Trinajstić information content (AvgIpc) is 2.79.